The molecule has 0 aromatic heterocycles. The molecule has 4 rings (SSSR count). The van der Waals surface area contributed by atoms with Gasteiger partial charge in [0, 0.05) is 0 Å². The van der Waals surface area contributed by atoms with Crippen molar-refractivity contribution >= 4 is 0 Å². The van der Waals surface area contributed by atoms with Gasteiger partial charge < -0.3 is 0 Å². The first-order valence-electron chi connectivity index (χ1n) is 12.3. The largest absolute Gasteiger partial charge is 4.00 e. The minimum absolute atomic E-state index is 0. The maximum atomic E-state index is 3.26. The second-order valence-electron chi connectivity index (χ2n) is 9.57. The van der Waals surface area contributed by atoms with Crippen LogP contribution in [0.25, 0.3) is 0 Å². The van der Waals surface area contributed by atoms with Crippen molar-refractivity contribution in [1.82, 2.24) is 0 Å². The summed E-state index contributed by atoms with van der Waals surface area (Å²) in [5, 5.41) is 0. The Morgan fingerprint density at radius 2 is 0.606 bits per heavy atom. The van der Waals surface area contributed by atoms with Crippen molar-refractivity contribution in [3.05, 3.63) is 95.2 Å². The molecule has 0 saturated carbocycles. The van der Waals surface area contributed by atoms with Gasteiger partial charge in [0.15, 0.2) is 0 Å². The predicted molar refractivity (Wildman–Crippen MR) is 141 cm³/mol. The summed E-state index contributed by atoms with van der Waals surface area (Å²) in [6, 6.07) is 0. The molecule has 0 saturated heterocycles. The predicted octanol–water partition coefficient (Wildman–Crippen LogP) is 9.33. The number of rotatable bonds is 4. The first-order valence-corrected chi connectivity index (χ1v) is 12.3. The Morgan fingerprint density at radius 1 is 0.424 bits per heavy atom. The molecule has 0 unspecified atom stereocenters. The van der Waals surface area contributed by atoms with Gasteiger partial charge in [-0.25, -0.2) is 46.6 Å². The van der Waals surface area contributed by atoms with Crippen molar-refractivity contribution in [2.75, 3.05) is 0 Å². The van der Waals surface area contributed by atoms with Gasteiger partial charge >= 0.3 is 21.1 Å². The number of hydrogen-bond donors (Lipinski definition) is 0. The molecule has 0 aromatic carbocycles. The molecular formula is C32H44Mo. The van der Waals surface area contributed by atoms with Crippen molar-refractivity contribution in [2.24, 2.45) is 23.7 Å². The average molecular weight is 525 g/mol. The SMILES string of the molecule is CC(C)C1=[C-]CC=C1.CC(C)C1=[C-]CC=C1.CC(C)C1=[C-]CC=C1.CC(C)C1=[C-]CC=C1.[Mo+4]. The fourth-order valence-electron chi connectivity index (χ4n) is 3.27. The maximum Gasteiger partial charge on any atom is 4.00 e. The molecule has 0 spiro atoms. The zero-order chi connectivity index (χ0) is 23.9. The first kappa shape index (κ1) is 31.6. The van der Waals surface area contributed by atoms with Crippen LogP contribution in [0.15, 0.2) is 70.9 Å². The van der Waals surface area contributed by atoms with Crippen LogP contribution in [0.3, 0.4) is 0 Å². The molecule has 0 aromatic rings. The van der Waals surface area contributed by atoms with Gasteiger partial charge in [0.2, 0.25) is 0 Å². The van der Waals surface area contributed by atoms with Gasteiger partial charge in [-0.05, 0) is 0 Å². The summed E-state index contributed by atoms with van der Waals surface area (Å²) in [4.78, 5) is 0. The molecule has 0 atom stereocenters. The van der Waals surface area contributed by atoms with Crippen LogP contribution in [0.1, 0.15) is 81.1 Å². The summed E-state index contributed by atoms with van der Waals surface area (Å²) in [6.45, 7) is 17.5. The van der Waals surface area contributed by atoms with E-state index in [4.69, 9.17) is 0 Å². The Labute approximate surface area is 220 Å². The molecule has 0 amide bonds. The molecule has 1 heteroatoms. The topological polar surface area (TPSA) is 0 Å². The fourth-order valence-corrected chi connectivity index (χ4v) is 3.27. The zero-order valence-electron chi connectivity index (χ0n) is 22.2. The molecule has 0 radical (unpaired) electrons. The molecule has 178 valence electrons. The van der Waals surface area contributed by atoms with E-state index in [0.717, 1.165) is 25.7 Å². The monoisotopic (exact) mass is 526 g/mol. The van der Waals surface area contributed by atoms with Crippen LogP contribution < -0.4 is 0 Å². The van der Waals surface area contributed by atoms with Crippen LogP contribution in [0.4, 0.5) is 0 Å². The van der Waals surface area contributed by atoms with E-state index in [-0.39, 0.29) is 21.1 Å². The summed E-state index contributed by atoms with van der Waals surface area (Å²) in [7, 11) is 0. The minimum Gasteiger partial charge on any atom is -0.269 e. The summed E-state index contributed by atoms with van der Waals surface area (Å²) in [5.74, 6) is 2.64. The van der Waals surface area contributed by atoms with Crippen LogP contribution >= 0.6 is 0 Å². The molecule has 0 nitrogen and oxygen atoms in total. The van der Waals surface area contributed by atoms with Gasteiger partial charge in [-0.15, -0.1) is 25.7 Å². The van der Waals surface area contributed by atoms with Crippen molar-refractivity contribution in [2.45, 2.75) is 81.1 Å². The van der Waals surface area contributed by atoms with Crippen molar-refractivity contribution in [1.29, 1.82) is 0 Å². The quantitative estimate of drug-likeness (QED) is 0.254. The Balaban J connectivity index is 0.000000410. The summed E-state index contributed by atoms with van der Waals surface area (Å²) in [6.07, 6.45) is 34.4. The van der Waals surface area contributed by atoms with Gasteiger partial charge in [0.25, 0.3) is 0 Å². The van der Waals surface area contributed by atoms with Crippen molar-refractivity contribution in [3.63, 3.8) is 0 Å². The molecule has 0 N–H and O–H groups in total. The first-order chi connectivity index (χ1) is 15.2. The second kappa shape index (κ2) is 18.0. The molecular weight excluding hydrogens is 480 g/mol. The van der Waals surface area contributed by atoms with E-state index in [9.17, 15) is 0 Å². The Hall–Kier alpha value is -1.39. The second-order valence-corrected chi connectivity index (χ2v) is 9.57. The van der Waals surface area contributed by atoms with Crippen LogP contribution in [0, 0.1) is 48.0 Å². The third-order valence-electron chi connectivity index (χ3n) is 5.37. The van der Waals surface area contributed by atoms with E-state index < -0.39 is 0 Å². The van der Waals surface area contributed by atoms with Gasteiger partial charge in [0.1, 0.15) is 0 Å². The Morgan fingerprint density at radius 3 is 0.667 bits per heavy atom. The fraction of sp³-hybridized carbons (Fsp3) is 0.500. The smallest absolute Gasteiger partial charge is 0.269 e. The van der Waals surface area contributed by atoms with E-state index in [1.54, 1.807) is 0 Å². The molecule has 4 aliphatic carbocycles. The number of hydrogen-bond acceptors (Lipinski definition) is 0. The van der Waals surface area contributed by atoms with Gasteiger partial charge in [-0.3, -0.25) is 24.3 Å². The molecule has 0 fully saturated rings. The van der Waals surface area contributed by atoms with Crippen LogP contribution in [-0.4, -0.2) is 0 Å². The van der Waals surface area contributed by atoms with Crippen LogP contribution in [-0.2, 0) is 21.1 Å². The van der Waals surface area contributed by atoms with Gasteiger partial charge in [-0.1, -0.05) is 79.1 Å². The van der Waals surface area contributed by atoms with E-state index >= 15 is 0 Å². The Bertz CT molecular complexity index is 650. The molecule has 4 aliphatic rings. The molecule has 0 aliphatic heterocycles. The van der Waals surface area contributed by atoms with E-state index in [1.165, 1.54) is 22.3 Å². The van der Waals surface area contributed by atoms with E-state index in [0.29, 0.717) is 23.7 Å². The normalized spacial score (nSPS) is 17.1. The third-order valence-corrected chi connectivity index (χ3v) is 5.37. The van der Waals surface area contributed by atoms with Crippen LogP contribution in [0.5, 0.6) is 0 Å². The number of allylic oxidation sites excluding steroid dienone is 16. The minimum atomic E-state index is 0. The molecule has 33 heavy (non-hydrogen) atoms. The van der Waals surface area contributed by atoms with E-state index in [2.05, 4.69) is 128 Å². The Kier molecular flexibility index (Phi) is 17.2. The van der Waals surface area contributed by atoms with Crippen LogP contribution in [0.2, 0.25) is 0 Å². The zero-order valence-corrected chi connectivity index (χ0v) is 24.2. The molecule has 0 heterocycles. The molecule has 0 bridgehead atoms. The summed E-state index contributed by atoms with van der Waals surface area (Å²) in [5.41, 5.74) is 5.46. The summed E-state index contributed by atoms with van der Waals surface area (Å²) >= 11 is 0. The van der Waals surface area contributed by atoms with Gasteiger partial charge in [0.05, 0.1) is 0 Å². The standard InChI is InChI=1S/4C8H11.Mo/c4*1-7(2)8-5-3-4-6-8;/h4*3,5,7H,4H2,1-2H3;/q4*-1;+4. The average Bonchev–Trinajstić information content (AvgIpc) is 3.56. The van der Waals surface area contributed by atoms with Gasteiger partial charge in [-0.2, -0.15) is 24.3 Å². The van der Waals surface area contributed by atoms with Crippen molar-refractivity contribution in [3.8, 4) is 0 Å². The summed E-state index contributed by atoms with van der Waals surface area (Å²) < 4.78 is 0. The van der Waals surface area contributed by atoms with E-state index in [1.807, 2.05) is 0 Å². The third kappa shape index (κ3) is 13.8. The maximum absolute atomic E-state index is 3.26. The van der Waals surface area contributed by atoms with Crippen molar-refractivity contribution < 1.29 is 21.1 Å².